The number of hydrogen-bond donors (Lipinski definition) is 1. The van der Waals surface area contributed by atoms with Gasteiger partial charge in [0.2, 0.25) is 0 Å². The summed E-state index contributed by atoms with van der Waals surface area (Å²) in [6.07, 6.45) is 1.31. The Labute approximate surface area is 77.5 Å². The third kappa shape index (κ3) is 3.71. The normalized spacial score (nSPS) is 9.62. The van der Waals surface area contributed by atoms with Crippen LogP contribution in [0.2, 0.25) is 0 Å². The van der Waals surface area contributed by atoms with Crippen molar-refractivity contribution in [2.45, 2.75) is 6.61 Å². The Morgan fingerprint density at radius 2 is 2.08 bits per heavy atom. The van der Waals surface area contributed by atoms with E-state index in [1.165, 1.54) is 6.42 Å². The molecule has 0 heterocycles. The predicted molar refractivity (Wildman–Crippen MR) is 49.6 cm³/mol. The lowest BCUT2D eigenvalue weighted by molar-refractivity contribution is -0.140. The average molecular weight is 178 g/mol. The highest BCUT2D eigenvalue weighted by Gasteiger charge is 2.00. The minimum Gasteiger partial charge on any atom is -0.461 e. The van der Waals surface area contributed by atoms with Gasteiger partial charge in [-0.15, -0.1) is 0 Å². The molecule has 1 rings (SSSR count). The van der Waals surface area contributed by atoms with E-state index in [1.807, 2.05) is 30.3 Å². The van der Waals surface area contributed by atoms with Gasteiger partial charge in [0, 0.05) is 6.54 Å². The number of benzene rings is 1. The molecule has 0 saturated carbocycles. The Balaban J connectivity index is 2.31. The maximum atomic E-state index is 10.9. The molecular formula is C10H12NO2. The standard InChI is InChI=1S/C10H12NO2/c11-7-6-10(12)13-8-9-4-2-1-3-5-9/h1-6H,7-8,11H2. The molecule has 13 heavy (non-hydrogen) atoms. The summed E-state index contributed by atoms with van der Waals surface area (Å²) in [5, 5.41) is 0. The van der Waals surface area contributed by atoms with Crippen LogP contribution in [0.25, 0.3) is 0 Å². The van der Waals surface area contributed by atoms with E-state index in [-0.39, 0.29) is 12.5 Å². The lowest BCUT2D eigenvalue weighted by Crippen LogP contribution is -2.11. The highest BCUT2D eigenvalue weighted by Crippen LogP contribution is 2.00. The minimum atomic E-state index is -0.369. The molecule has 0 aliphatic heterocycles. The van der Waals surface area contributed by atoms with Crippen LogP contribution >= 0.6 is 0 Å². The zero-order chi connectivity index (χ0) is 9.52. The van der Waals surface area contributed by atoms with Gasteiger partial charge in [0.25, 0.3) is 0 Å². The smallest absolute Gasteiger partial charge is 0.311 e. The Morgan fingerprint density at radius 3 is 2.69 bits per heavy atom. The van der Waals surface area contributed by atoms with Crippen LogP contribution in [-0.2, 0) is 16.1 Å². The number of carbonyl (C=O) groups excluding carboxylic acids is 1. The van der Waals surface area contributed by atoms with Gasteiger partial charge >= 0.3 is 5.97 Å². The molecule has 0 saturated heterocycles. The number of carbonyl (C=O) groups is 1. The van der Waals surface area contributed by atoms with Gasteiger partial charge in [-0.2, -0.15) is 0 Å². The fraction of sp³-hybridized carbons (Fsp3) is 0.200. The summed E-state index contributed by atoms with van der Waals surface area (Å²) in [5.41, 5.74) is 6.12. The lowest BCUT2D eigenvalue weighted by atomic mass is 10.2. The van der Waals surface area contributed by atoms with Crippen molar-refractivity contribution in [3.05, 3.63) is 42.3 Å². The molecule has 0 aliphatic rings. The summed E-state index contributed by atoms with van der Waals surface area (Å²) in [4.78, 5) is 10.9. The third-order valence-corrected chi connectivity index (χ3v) is 1.51. The summed E-state index contributed by atoms with van der Waals surface area (Å²) in [6.45, 7) is 0.518. The molecule has 0 spiro atoms. The van der Waals surface area contributed by atoms with Gasteiger partial charge in [-0.1, -0.05) is 30.3 Å². The lowest BCUT2D eigenvalue weighted by Gasteiger charge is -2.02. The first-order chi connectivity index (χ1) is 6.33. The molecule has 0 atom stereocenters. The van der Waals surface area contributed by atoms with Gasteiger partial charge in [-0.3, -0.25) is 4.79 Å². The van der Waals surface area contributed by atoms with Gasteiger partial charge in [-0.25, -0.2) is 0 Å². The monoisotopic (exact) mass is 178 g/mol. The van der Waals surface area contributed by atoms with Gasteiger partial charge in [-0.05, 0) is 5.56 Å². The quantitative estimate of drug-likeness (QED) is 0.697. The zero-order valence-electron chi connectivity index (χ0n) is 7.27. The summed E-state index contributed by atoms with van der Waals surface area (Å²) in [7, 11) is 0. The van der Waals surface area contributed by atoms with Crippen LogP contribution in [0.15, 0.2) is 30.3 Å². The van der Waals surface area contributed by atoms with Crippen LogP contribution in [0.3, 0.4) is 0 Å². The SMILES string of the molecule is NC[CH]C(=O)OCc1ccccc1. The number of rotatable bonds is 4. The van der Waals surface area contributed by atoms with E-state index in [9.17, 15) is 4.79 Å². The molecule has 2 N–H and O–H groups in total. The summed E-state index contributed by atoms with van der Waals surface area (Å²) < 4.78 is 4.89. The van der Waals surface area contributed by atoms with Crippen molar-refractivity contribution >= 4 is 5.97 Å². The Kier molecular flexibility index (Phi) is 3.99. The predicted octanol–water partition coefficient (Wildman–Crippen LogP) is 0.893. The Morgan fingerprint density at radius 1 is 1.38 bits per heavy atom. The highest BCUT2D eigenvalue weighted by atomic mass is 16.5. The van der Waals surface area contributed by atoms with Crippen LogP contribution in [0.1, 0.15) is 5.56 Å². The highest BCUT2D eigenvalue weighted by molar-refractivity contribution is 5.79. The van der Waals surface area contributed by atoms with E-state index in [0.29, 0.717) is 6.61 Å². The molecular weight excluding hydrogens is 166 g/mol. The molecule has 0 unspecified atom stereocenters. The molecule has 69 valence electrons. The van der Waals surface area contributed by atoms with Crippen molar-refractivity contribution in [2.24, 2.45) is 5.73 Å². The van der Waals surface area contributed by atoms with Crippen molar-refractivity contribution in [2.75, 3.05) is 6.54 Å². The maximum Gasteiger partial charge on any atom is 0.311 e. The average Bonchev–Trinajstić information content (AvgIpc) is 2.17. The summed E-state index contributed by atoms with van der Waals surface area (Å²) in [6, 6.07) is 9.51. The van der Waals surface area contributed by atoms with Crippen LogP contribution < -0.4 is 5.73 Å². The second-order valence-electron chi connectivity index (χ2n) is 2.53. The van der Waals surface area contributed by atoms with Crippen molar-refractivity contribution in [1.82, 2.24) is 0 Å². The largest absolute Gasteiger partial charge is 0.461 e. The second-order valence-corrected chi connectivity index (χ2v) is 2.53. The first-order valence-electron chi connectivity index (χ1n) is 4.07. The summed E-state index contributed by atoms with van der Waals surface area (Å²) in [5.74, 6) is -0.369. The molecule has 3 heteroatoms. The Bertz CT molecular complexity index is 259. The van der Waals surface area contributed by atoms with E-state index in [4.69, 9.17) is 10.5 Å². The van der Waals surface area contributed by atoms with E-state index in [1.54, 1.807) is 0 Å². The minimum absolute atomic E-state index is 0.216. The van der Waals surface area contributed by atoms with E-state index in [2.05, 4.69) is 0 Å². The van der Waals surface area contributed by atoms with Gasteiger partial charge in [0.1, 0.15) is 6.61 Å². The molecule has 0 amide bonds. The first-order valence-corrected chi connectivity index (χ1v) is 4.07. The van der Waals surface area contributed by atoms with E-state index >= 15 is 0 Å². The maximum absolute atomic E-state index is 10.9. The number of nitrogens with two attached hydrogens (primary N) is 1. The van der Waals surface area contributed by atoms with Crippen molar-refractivity contribution in [3.63, 3.8) is 0 Å². The van der Waals surface area contributed by atoms with Crippen molar-refractivity contribution in [3.8, 4) is 0 Å². The third-order valence-electron chi connectivity index (χ3n) is 1.51. The van der Waals surface area contributed by atoms with Crippen LogP contribution in [-0.4, -0.2) is 12.5 Å². The van der Waals surface area contributed by atoms with Gasteiger partial charge in [0.15, 0.2) is 0 Å². The molecule has 3 nitrogen and oxygen atoms in total. The topological polar surface area (TPSA) is 52.3 Å². The molecule has 1 aromatic carbocycles. The van der Waals surface area contributed by atoms with E-state index in [0.717, 1.165) is 5.56 Å². The number of esters is 1. The molecule has 1 aromatic rings. The van der Waals surface area contributed by atoms with Crippen molar-refractivity contribution < 1.29 is 9.53 Å². The van der Waals surface area contributed by atoms with Crippen LogP contribution in [0.5, 0.6) is 0 Å². The molecule has 0 aromatic heterocycles. The first kappa shape index (κ1) is 9.74. The van der Waals surface area contributed by atoms with Gasteiger partial charge < -0.3 is 10.5 Å². The fourth-order valence-corrected chi connectivity index (χ4v) is 0.884. The van der Waals surface area contributed by atoms with Crippen LogP contribution in [0, 0.1) is 6.42 Å². The second kappa shape index (κ2) is 5.32. The number of ether oxygens (including phenoxy) is 1. The molecule has 1 radical (unpaired) electrons. The zero-order valence-corrected chi connectivity index (χ0v) is 7.27. The van der Waals surface area contributed by atoms with Crippen molar-refractivity contribution in [1.29, 1.82) is 0 Å². The molecule has 0 aliphatic carbocycles. The van der Waals surface area contributed by atoms with Crippen LogP contribution in [0.4, 0.5) is 0 Å². The number of hydrogen-bond acceptors (Lipinski definition) is 3. The molecule has 0 bridgehead atoms. The van der Waals surface area contributed by atoms with Gasteiger partial charge in [0.05, 0.1) is 6.42 Å². The fourth-order valence-electron chi connectivity index (χ4n) is 0.884. The van der Waals surface area contributed by atoms with E-state index < -0.39 is 0 Å². The summed E-state index contributed by atoms with van der Waals surface area (Å²) >= 11 is 0. The molecule has 0 fully saturated rings. The Hall–Kier alpha value is -1.35.